The molecule has 0 saturated carbocycles. The van der Waals surface area contributed by atoms with Crippen LogP contribution < -0.4 is 29.6 Å². The van der Waals surface area contributed by atoms with Crippen LogP contribution in [0.5, 0.6) is 23.0 Å². The average molecular weight is 521 g/mol. The Hall–Kier alpha value is -1.96. The predicted molar refractivity (Wildman–Crippen MR) is 136 cm³/mol. The second-order valence-corrected chi connectivity index (χ2v) is 9.92. The number of fused-ring (bicyclic) bond motifs is 2. The van der Waals surface area contributed by atoms with Crippen molar-refractivity contribution in [2.24, 2.45) is 0 Å². The fourth-order valence-corrected chi connectivity index (χ4v) is 4.82. The molecule has 0 radical (unpaired) electrons. The Morgan fingerprint density at radius 2 is 1.39 bits per heavy atom. The van der Waals surface area contributed by atoms with E-state index < -0.39 is 0 Å². The van der Waals surface area contributed by atoms with E-state index in [2.05, 4.69) is 54.3 Å². The van der Waals surface area contributed by atoms with Gasteiger partial charge in [-0.1, -0.05) is 33.8 Å². The van der Waals surface area contributed by atoms with E-state index in [9.17, 15) is 0 Å². The van der Waals surface area contributed by atoms with Crippen LogP contribution in [-0.4, -0.2) is 51.6 Å². The lowest BCUT2D eigenvalue weighted by Gasteiger charge is -2.29. The number of hydrogen-bond acceptors (Lipinski definition) is 6. The highest BCUT2D eigenvalue weighted by molar-refractivity contribution is 9.10. The molecule has 7 heteroatoms. The molecule has 0 amide bonds. The molecule has 2 atom stereocenters. The molecule has 0 unspecified atom stereocenters. The molecular formula is C26H37BrN2O4. The molecule has 0 bridgehead atoms. The molecule has 0 fully saturated rings. The van der Waals surface area contributed by atoms with Crippen molar-refractivity contribution in [2.45, 2.75) is 64.7 Å². The first-order chi connectivity index (χ1) is 15.8. The topological polar surface area (TPSA) is 61.0 Å². The minimum Gasteiger partial charge on any atom is -0.496 e. The first-order valence-corrected chi connectivity index (χ1v) is 12.4. The van der Waals surface area contributed by atoms with E-state index >= 15 is 0 Å². The Kier molecular flexibility index (Phi) is 9.29. The van der Waals surface area contributed by atoms with Crippen LogP contribution in [0.2, 0.25) is 0 Å². The molecule has 2 aromatic carbocycles. The van der Waals surface area contributed by atoms with Crippen LogP contribution in [0.1, 0.15) is 38.8 Å². The highest BCUT2D eigenvalue weighted by atomic mass is 79.9. The van der Waals surface area contributed by atoms with Gasteiger partial charge in [-0.05, 0) is 53.0 Å². The zero-order valence-corrected chi connectivity index (χ0v) is 22.1. The van der Waals surface area contributed by atoms with Crippen LogP contribution in [0, 0.1) is 0 Å². The fourth-order valence-electron chi connectivity index (χ4n) is 4.34. The van der Waals surface area contributed by atoms with Gasteiger partial charge in [0.15, 0.2) is 0 Å². The minimum atomic E-state index is 0.352. The molecule has 0 aromatic heterocycles. The molecular weight excluding hydrogens is 484 g/mol. The Bertz CT molecular complexity index is 905. The number of hydrogen-bond donors (Lipinski definition) is 2. The van der Waals surface area contributed by atoms with Crippen LogP contribution in [0.3, 0.4) is 0 Å². The van der Waals surface area contributed by atoms with E-state index in [0.717, 1.165) is 52.5 Å². The third kappa shape index (κ3) is 6.78. The van der Waals surface area contributed by atoms with Gasteiger partial charge in [-0.2, -0.15) is 0 Å². The average Bonchev–Trinajstić information content (AvgIpc) is 2.78. The van der Waals surface area contributed by atoms with E-state index in [0.29, 0.717) is 30.8 Å². The molecule has 6 nitrogen and oxygen atoms in total. The van der Waals surface area contributed by atoms with Crippen molar-refractivity contribution >= 4 is 15.9 Å². The van der Waals surface area contributed by atoms with Gasteiger partial charge in [0, 0.05) is 35.3 Å². The summed E-state index contributed by atoms with van der Waals surface area (Å²) in [7, 11) is 3.40. The monoisotopic (exact) mass is 520 g/mol. The zero-order chi connectivity index (χ0) is 24.0. The quantitative estimate of drug-likeness (QED) is 0.572. The van der Waals surface area contributed by atoms with Crippen molar-refractivity contribution < 1.29 is 18.9 Å². The number of benzene rings is 2. The van der Waals surface area contributed by atoms with E-state index in [4.69, 9.17) is 18.9 Å². The van der Waals surface area contributed by atoms with Crippen LogP contribution in [0.15, 0.2) is 34.8 Å². The Labute approximate surface area is 206 Å². The van der Waals surface area contributed by atoms with Crippen LogP contribution in [0.25, 0.3) is 0 Å². The van der Waals surface area contributed by atoms with E-state index in [-0.39, 0.29) is 0 Å². The summed E-state index contributed by atoms with van der Waals surface area (Å²) >= 11 is 3.52. The number of nitrogens with one attached hydrogen (secondary N) is 2. The maximum absolute atomic E-state index is 5.82. The number of methoxy groups -OCH3 is 2. The van der Waals surface area contributed by atoms with Gasteiger partial charge in [-0.25, -0.2) is 0 Å². The summed E-state index contributed by atoms with van der Waals surface area (Å²) in [6.07, 6.45) is 1.91. The van der Waals surface area contributed by atoms with Gasteiger partial charge >= 0.3 is 0 Å². The normalized spacial score (nSPS) is 18.9. The predicted octanol–water partition coefficient (Wildman–Crippen LogP) is 4.76. The zero-order valence-electron chi connectivity index (χ0n) is 20.5. The van der Waals surface area contributed by atoms with Gasteiger partial charge in [-0.15, -0.1) is 0 Å². The van der Waals surface area contributed by atoms with Crippen LogP contribution in [0.4, 0.5) is 0 Å². The lowest BCUT2D eigenvalue weighted by molar-refractivity contribution is 0.226. The van der Waals surface area contributed by atoms with Crippen LogP contribution >= 0.6 is 15.9 Å². The maximum atomic E-state index is 5.82. The molecule has 2 aliphatic rings. The van der Waals surface area contributed by atoms with Gasteiger partial charge < -0.3 is 29.6 Å². The summed E-state index contributed by atoms with van der Waals surface area (Å²) in [6.45, 7) is 10.0. The first kappa shape index (κ1) is 25.7. The molecule has 2 N–H and O–H groups in total. The highest BCUT2D eigenvalue weighted by Crippen LogP contribution is 2.39. The number of halogens is 1. The van der Waals surface area contributed by atoms with Crippen molar-refractivity contribution in [3.05, 3.63) is 45.9 Å². The summed E-state index contributed by atoms with van der Waals surface area (Å²) in [5, 5.41) is 6.99. The summed E-state index contributed by atoms with van der Waals surface area (Å²) < 4.78 is 23.3. The second-order valence-electron chi connectivity index (χ2n) is 9.06. The molecule has 4 rings (SSSR count). The molecule has 2 aromatic rings. The van der Waals surface area contributed by atoms with E-state index in [1.807, 2.05) is 30.3 Å². The SMILES string of the molecule is COc1ccc(Br)c2c1C[C@@H](NC(C)C)CO2.COc1cccc2c1C[C@@H](NC(C)C)CO2. The van der Waals surface area contributed by atoms with Crippen molar-refractivity contribution in [1.29, 1.82) is 0 Å². The summed E-state index contributed by atoms with van der Waals surface area (Å²) in [4.78, 5) is 0. The molecule has 182 valence electrons. The maximum Gasteiger partial charge on any atom is 0.140 e. The van der Waals surface area contributed by atoms with Crippen LogP contribution in [-0.2, 0) is 12.8 Å². The molecule has 0 spiro atoms. The van der Waals surface area contributed by atoms with Gasteiger partial charge in [0.05, 0.1) is 18.7 Å². The lowest BCUT2D eigenvalue weighted by atomic mass is 10.0. The Morgan fingerprint density at radius 1 is 0.818 bits per heavy atom. The molecule has 2 aliphatic heterocycles. The number of ether oxygens (including phenoxy) is 4. The number of rotatable bonds is 6. The third-order valence-electron chi connectivity index (χ3n) is 5.61. The minimum absolute atomic E-state index is 0.352. The molecule has 0 aliphatic carbocycles. The van der Waals surface area contributed by atoms with E-state index in [1.165, 1.54) is 5.56 Å². The van der Waals surface area contributed by atoms with Gasteiger partial charge in [-0.3, -0.25) is 0 Å². The highest BCUT2D eigenvalue weighted by Gasteiger charge is 2.25. The molecule has 0 saturated heterocycles. The Balaban J connectivity index is 0.000000186. The van der Waals surface area contributed by atoms with Gasteiger partial charge in [0.25, 0.3) is 0 Å². The summed E-state index contributed by atoms with van der Waals surface area (Å²) in [5.41, 5.74) is 2.32. The standard InChI is InChI=1S/C13H18BrNO2.C13H19NO2/c1-8(2)15-9-6-10-12(16-3)5-4-11(14)13(10)17-7-9;1-9(2)14-10-7-11-12(15-3)5-4-6-13(11)16-8-10/h4-5,8-9,15H,6-7H2,1-3H3;4-6,9-10,14H,7-8H2,1-3H3/t9-;10-/m11/s1. The molecule has 33 heavy (non-hydrogen) atoms. The smallest absolute Gasteiger partial charge is 0.140 e. The van der Waals surface area contributed by atoms with Crippen molar-refractivity contribution in [3.63, 3.8) is 0 Å². The van der Waals surface area contributed by atoms with Crippen molar-refractivity contribution in [3.8, 4) is 23.0 Å². The first-order valence-electron chi connectivity index (χ1n) is 11.6. The second kappa shape index (κ2) is 12.0. The summed E-state index contributed by atoms with van der Waals surface area (Å²) in [5.74, 6) is 3.71. The van der Waals surface area contributed by atoms with E-state index in [1.54, 1.807) is 14.2 Å². The molecule has 2 heterocycles. The summed E-state index contributed by atoms with van der Waals surface area (Å²) in [6, 6.07) is 11.6. The largest absolute Gasteiger partial charge is 0.496 e. The third-order valence-corrected chi connectivity index (χ3v) is 6.23. The Morgan fingerprint density at radius 3 is 2.00 bits per heavy atom. The fraction of sp³-hybridized carbons (Fsp3) is 0.538. The van der Waals surface area contributed by atoms with Gasteiger partial charge in [0.1, 0.15) is 36.2 Å². The lowest BCUT2D eigenvalue weighted by Crippen LogP contribution is -2.42. The van der Waals surface area contributed by atoms with Crippen molar-refractivity contribution in [1.82, 2.24) is 10.6 Å². The van der Waals surface area contributed by atoms with Crippen molar-refractivity contribution in [2.75, 3.05) is 27.4 Å². The van der Waals surface area contributed by atoms with Gasteiger partial charge in [0.2, 0.25) is 0 Å².